The van der Waals surface area contributed by atoms with Crippen LogP contribution >= 0.6 is 12.4 Å². The number of aliphatic carboxylic acids is 1. The monoisotopic (exact) mass is 193 g/mol. The number of carboxylic acid groups (broad SMARTS) is 1. The molecule has 0 aliphatic carbocycles. The Balaban J connectivity index is 0. The highest BCUT2D eigenvalue weighted by Crippen LogP contribution is 2.27. The highest BCUT2D eigenvalue weighted by molar-refractivity contribution is 5.85. The summed E-state index contributed by atoms with van der Waals surface area (Å²) in [5, 5.41) is 7.93. The molecule has 0 saturated heterocycles. The molecule has 0 heterocycles. The molecule has 1 atom stereocenters. The van der Waals surface area contributed by atoms with Crippen molar-refractivity contribution in [3.63, 3.8) is 0 Å². The molecule has 11 heavy (non-hydrogen) atoms. The Labute approximate surface area is 66.8 Å². The summed E-state index contributed by atoms with van der Waals surface area (Å²) in [6, 6.07) is 0. The van der Waals surface area contributed by atoms with Gasteiger partial charge in [0.25, 0.3) is 0 Å². The first-order valence-electron chi connectivity index (χ1n) is 2.28. The minimum Gasteiger partial charge on any atom is -0.480 e. The summed E-state index contributed by atoms with van der Waals surface area (Å²) in [5.74, 6) is -2.08. The maximum atomic E-state index is 11.6. The molecule has 3 N–H and O–H groups in total. The van der Waals surface area contributed by atoms with Crippen LogP contribution in [0.4, 0.5) is 13.2 Å². The first kappa shape index (κ1) is 13.1. The number of rotatable bonds is 1. The van der Waals surface area contributed by atoms with Gasteiger partial charge in [-0.25, -0.2) is 4.79 Å². The van der Waals surface area contributed by atoms with Gasteiger partial charge in [0.2, 0.25) is 5.54 Å². The van der Waals surface area contributed by atoms with Crippen LogP contribution in [0.5, 0.6) is 0 Å². The molecule has 0 aliphatic rings. The van der Waals surface area contributed by atoms with E-state index in [1.54, 1.807) is 0 Å². The predicted molar refractivity (Wildman–Crippen MR) is 33.5 cm³/mol. The molecule has 0 aliphatic heterocycles. The molecule has 68 valence electrons. The van der Waals surface area contributed by atoms with Gasteiger partial charge in [-0.15, -0.1) is 12.4 Å². The molecule has 0 spiro atoms. The van der Waals surface area contributed by atoms with Gasteiger partial charge in [-0.05, 0) is 6.92 Å². The lowest BCUT2D eigenvalue weighted by Crippen LogP contribution is -2.57. The lowest BCUT2D eigenvalue weighted by atomic mass is 10.1. The fraction of sp³-hybridized carbons (Fsp3) is 0.750. The molecule has 0 amide bonds. The summed E-state index contributed by atoms with van der Waals surface area (Å²) >= 11 is 0. The van der Waals surface area contributed by atoms with Crippen molar-refractivity contribution in [1.29, 1.82) is 0 Å². The van der Waals surface area contributed by atoms with Gasteiger partial charge in [-0.3, -0.25) is 0 Å². The van der Waals surface area contributed by atoms with Crippen molar-refractivity contribution in [1.82, 2.24) is 0 Å². The first-order chi connectivity index (χ1) is 4.19. The van der Waals surface area contributed by atoms with Crippen LogP contribution in [0.2, 0.25) is 0 Å². The Kier molecular flexibility index (Phi) is 3.90. The zero-order valence-corrected chi connectivity index (χ0v) is 6.29. The van der Waals surface area contributed by atoms with Crippen LogP contribution in [0.15, 0.2) is 0 Å². The molecule has 3 nitrogen and oxygen atoms in total. The van der Waals surface area contributed by atoms with E-state index in [0.717, 1.165) is 0 Å². The van der Waals surface area contributed by atoms with Crippen molar-refractivity contribution in [2.75, 3.05) is 0 Å². The third-order valence-corrected chi connectivity index (χ3v) is 1.03. The van der Waals surface area contributed by atoms with Gasteiger partial charge in [-0.1, -0.05) is 0 Å². The molecule has 0 aromatic heterocycles. The van der Waals surface area contributed by atoms with Crippen molar-refractivity contribution < 1.29 is 23.1 Å². The lowest BCUT2D eigenvalue weighted by Gasteiger charge is -2.21. The van der Waals surface area contributed by atoms with E-state index in [0.29, 0.717) is 6.92 Å². The molecule has 0 aromatic rings. The molecule has 0 rings (SSSR count). The average molecular weight is 194 g/mol. The first-order valence-corrected chi connectivity index (χ1v) is 2.28. The van der Waals surface area contributed by atoms with Gasteiger partial charge in [0.05, 0.1) is 0 Å². The second kappa shape index (κ2) is 3.27. The third kappa shape index (κ3) is 2.55. The van der Waals surface area contributed by atoms with Crippen LogP contribution in [-0.4, -0.2) is 22.8 Å². The van der Waals surface area contributed by atoms with E-state index < -0.39 is 17.7 Å². The number of carbonyl (C=O) groups is 1. The third-order valence-electron chi connectivity index (χ3n) is 1.03. The van der Waals surface area contributed by atoms with Gasteiger partial charge in [0, 0.05) is 0 Å². The molecule has 7 heteroatoms. The molecular weight excluding hydrogens is 186 g/mol. The summed E-state index contributed by atoms with van der Waals surface area (Å²) in [7, 11) is 0. The fourth-order valence-corrected chi connectivity index (χ4v) is 0.121. The van der Waals surface area contributed by atoms with Gasteiger partial charge in [0.1, 0.15) is 0 Å². The van der Waals surface area contributed by atoms with Gasteiger partial charge in [0.15, 0.2) is 0 Å². The highest BCUT2D eigenvalue weighted by Gasteiger charge is 2.54. The number of halogens is 4. The lowest BCUT2D eigenvalue weighted by molar-refractivity contribution is -0.197. The number of hydrogen-bond donors (Lipinski definition) is 2. The van der Waals surface area contributed by atoms with Crippen molar-refractivity contribution in [2.24, 2.45) is 5.73 Å². The van der Waals surface area contributed by atoms with Gasteiger partial charge >= 0.3 is 12.1 Å². The minimum absolute atomic E-state index is 0. The number of alkyl halides is 3. The van der Waals surface area contributed by atoms with E-state index in [1.165, 1.54) is 0 Å². The van der Waals surface area contributed by atoms with Crippen molar-refractivity contribution >= 4 is 18.4 Å². The molecule has 0 aromatic carbocycles. The maximum absolute atomic E-state index is 11.6. The summed E-state index contributed by atoms with van der Waals surface area (Å²) < 4.78 is 34.7. The van der Waals surface area contributed by atoms with E-state index in [2.05, 4.69) is 5.73 Å². The summed E-state index contributed by atoms with van der Waals surface area (Å²) in [6.45, 7) is 0.398. The summed E-state index contributed by atoms with van der Waals surface area (Å²) in [5.41, 5.74) is 1.27. The second-order valence-corrected chi connectivity index (χ2v) is 2.01. The Morgan fingerprint density at radius 2 is 1.73 bits per heavy atom. The van der Waals surface area contributed by atoms with E-state index >= 15 is 0 Å². The van der Waals surface area contributed by atoms with Crippen molar-refractivity contribution in [3.8, 4) is 0 Å². The van der Waals surface area contributed by atoms with E-state index in [-0.39, 0.29) is 12.4 Å². The topological polar surface area (TPSA) is 63.3 Å². The fourth-order valence-electron chi connectivity index (χ4n) is 0.121. The normalized spacial score (nSPS) is 16.5. The highest BCUT2D eigenvalue weighted by atomic mass is 35.5. The standard InChI is InChI=1S/C4H6F3NO2.ClH/c1-3(8,2(9)10)4(5,6)7;/h8H2,1H3,(H,9,10);1H/t3-;/m0./s1. The smallest absolute Gasteiger partial charge is 0.416 e. The SMILES string of the molecule is C[C@](N)(C(=O)O)C(F)(F)F.Cl. The van der Waals surface area contributed by atoms with Crippen LogP contribution in [0.1, 0.15) is 6.92 Å². The van der Waals surface area contributed by atoms with Crippen LogP contribution in [0.25, 0.3) is 0 Å². The Morgan fingerprint density at radius 3 is 1.73 bits per heavy atom. The van der Waals surface area contributed by atoms with Crippen LogP contribution in [0.3, 0.4) is 0 Å². The predicted octanol–water partition coefficient (Wildman–Crippen LogP) is 0.773. The maximum Gasteiger partial charge on any atom is 0.416 e. The van der Waals surface area contributed by atoms with Crippen molar-refractivity contribution in [3.05, 3.63) is 0 Å². The minimum atomic E-state index is -4.90. The quantitative estimate of drug-likeness (QED) is 0.647. The molecule has 0 unspecified atom stereocenters. The van der Waals surface area contributed by atoms with Gasteiger partial charge < -0.3 is 10.8 Å². The van der Waals surface area contributed by atoms with E-state index in [9.17, 15) is 18.0 Å². The van der Waals surface area contributed by atoms with E-state index in [4.69, 9.17) is 5.11 Å². The summed E-state index contributed by atoms with van der Waals surface area (Å²) in [4.78, 5) is 9.82. The van der Waals surface area contributed by atoms with Crippen molar-refractivity contribution in [2.45, 2.75) is 18.6 Å². The van der Waals surface area contributed by atoms with Crippen LogP contribution in [0, 0.1) is 0 Å². The Bertz CT molecular complexity index is 156. The average Bonchev–Trinajstić information content (AvgIpc) is 1.62. The Morgan fingerprint density at radius 1 is 1.45 bits per heavy atom. The van der Waals surface area contributed by atoms with Crippen LogP contribution in [-0.2, 0) is 4.79 Å². The second-order valence-electron chi connectivity index (χ2n) is 2.01. The van der Waals surface area contributed by atoms with Gasteiger partial charge in [-0.2, -0.15) is 13.2 Å². The number of nitrogens with two attached hydrogens (primary N) is 1. The zero-order chi connectivity index (χ0) is 8.58. The Hall–Kier alpha value is -0.490. The number of carboxylic acids is 1. The zero-order valence-electron chi connectivity index (χ0n) is 5.47. The largest absolute Gasteiger partial charge is 0.480 e. The molecule has 0 radical (unpaired) electrons. The molecular formula is C4H7ClF3NO2. The number of hydrogen-bond acceptors (Lipinski definition) is 2. The molecule has 0 bridgehead atoms. The summed E-state index contributed by atoms with van der Waals surface area (Å²) in [6.07, 6.45) is -4.90. The molecule has 0 saturated carbocycles. The molecule has 0 fully saturated rings. The van der Waals surface area contributed by atoms with Crippen LogP contribution < -0.4 is 5.73 Å². The van der Waals surface area contributed by atoms with E-state index in [1.807, 2.05) is 0 Å².